The first-order chi connectivity index (χ1) is 10.8. The van der Waals surface area contributed by atoms with Gasteiger partial charge in [0, 0.05) is 12.5 Å². The number of carbonyl (C=O) groups excluding carboxylic acids is 1. The quantitative estimate of drug-likeness (QED) is 0.673. The summed E-state index contributed by atoms with van der Waals surface area (Å²) in [4.78, 5) is 11.3. The Balaban J connectivity index is 2.50. The van der Waals surface area contributed by atoms with E-state index >= 15 is 0 Å². The van der Waals surface area contributed by atoms with Crippen LogP contribution >= 0.6 is 0 Å². The Bertz CT molecular complexity index is 794. The molecule has 0 aromatic heterocycles. The lowest BCUT2D eigenvalue weighted by atomic mass is 10.1. The van der Waals surface area contributed by atoms with Crippen molar-refractivity contribution in [3.8, 4) is 17.6 Å². The highest BCUT2D eigenvalue weighted by Gasteiger charge is 2.37. The minimum absolute atomic E-state index is 0.0840. The number of nitrogens with two attached hydrogens (primary N) is 1. The zero-order chi connectivity index (χ0) is 17.2. The molecule has 1 aliphatic heterocycles. The van der Waals surface area contributed by atoms with E-state index in [2.05, 4.69) is 11.8 Å². The van der Waals surface area contributed by atoms with Crippen molar-refractivity contribution in [3.63, 3.8) is 0 Å². The minimum atomic E-state index is -4.23. The largest absolute Gasteiger partial charge is 0.506 e. The third-order valence-electron chi connectivity index (χ3n) is 3.35. The molecule has 1 aromatic rings. The average molecular weight is 341 g/mol. The van der Waals surface area contributed by atoms with Crippen molar-refractivity contribution in [2.45, 2.75) is 13.3 Å². The molecule has 2 rings (SSSR count). The van der Waals surface area contributed by atoms with Crippen LogP contribution in [-0.2, 0) is 15.0 Å². The lowest BCUT2D eigenvalue weighted by Crippen LogP contribution is -2.30. The number of benzene rings is 1. The summed E-state index contributed by atoms with van der Waals surface area (Å²) in [5, 5.41) is 9.81. The number of phenols is 1. The van der Waals surface area contributed by atoms with Crippen LogP contribution in [0.1, 0.15) is 18.9 Å². The van der Waals surface area contributed by atoms with Gasteiger partial charge in [-0.15, -0.1) is 0 Å². The van der Waals surface area contributed by atoms with Crippen molar-refractivity contribution in [1.82, 2.24) is 4.72 Å². The van der Waals surface area contributed by atoms with Gasteiger partial charge in [-0.1, -0.05) is 18.8 Å². The molecule has 0 aliphatic carbocycles. The number of halogens is 1. The molecule has 1 amide bonds. The zero-order valence-electron chi connectivity index (χ0n) is 12.3. The molecule has 124 valence electrons. The Morgan fingerprint density at radius 2 is 2.22 bits per heavy atom. The van der Waals surface area contributed by atoms with Crippen molar-refractivity contribution < 1.29 is 22.7 Å². The molecule has 0 bridgehead atoms. The summed E-state index contributed by atoms with van der Waals surface area (Å²) in [6.07, 6.45) is 0.689. The first-order valence-corrected chi connectivity index (χ1v) is 8.30. The lowest BCUT2D eigenvalue weighted by molar-refractivity contribution is -0.117. The van der Waals surface area contributed by atoms with E-state index in [-0.39, 0.29) is 11.5 Å². The van der Waals surface area contributed by atoms with Gasteiger partial charge in [0.1, 0.15) is 18.0 Å². The molecule has 1 aromatic carbocycles. The maximum Gasteiger partial charge on any atom is 0.326 e. The lowest BCUT2D eigenvalue weighted by Gasteiger charge is -2.17. The van der Waals surface area contributed by atoms with E-state index in [1.807, 2.05) is 6.92 Å². The summed E-state index contributed by atoms with van der Waals surface area (Å²) >= 11 is 0. The van der Waals surface area contributed by atoms with Crippen LogP contribution in [0.4, 0.5) is 10.1 Å². The summed E-state index contributed by atoms with van der Waals surface area (Å²) in [5.41, 5.74) is 4.84. The summed E-state index contributed by atoms with van der Waals surface area (Å²) in [7, 11) is -4.23. The molecule has 4 N–H and O–H groups in total. The van der Waals surface area contributed by atoms with Crippen molar-refractivity contribution in [2.24, 2.45) is 11.7 Å². The predicted molar refractivity (Wildman–Crippen MR) is 82.2 cm³/mol. The summed E-state index contributed by atoms with van der Waals surface area (Å²) in [6, 6.07) is 2.37. The third-order valence-corrected chi connectivity index (χ3v) is 4.73. The van der Waals surface area contributed by atoms with E-state index in [4.69, 9.17) is 5.73 Å². The first-order valence-electron chi connectivity index (χ1n) is 6.86. The molecule has 1 fully saturated rings. The highest BCUT2D eigenvalue weighted by molar-refractivity contribution is 7.92. The van der Waals surface area contributed by atoms with Gasteiger partial charge in [0.2, 0.25) is 0 Å². The third kappa shape index (κ3) is 3.38. The van der Waals surface area contributed by atoms with Crippen molar-refractivity contribution in [3.05, 3.63) is 23.5 Å². The van der Waals surface area contributed by atoms with E-state index in [1.54, 1.807) is 4.72 Å². The molecule has 1 saturated heterocycles. The number of amides is 1. The topological polar surface area (TPSA) is 113 Å². The molecule has 0 saturated carbocycles. The van der Waals surface area contributed by atoms with E-state index in [9.17, 15) is 22.7 Å². The van der Waals surface area contributed by atoms with Gasteiger partial charge in [-0.25, -0.2) is 13.4 Å². The standard InChI is InChI=1S/C14H16FN3O4S/c1-2-9(7-16)3-4-10-5-6-11(19)14(13(10)15)18-8-12(20)17-23(18,21)22/h5-6,9,19H,2,7-8,16H2,1H3,(H,17,20). The summed E-state index contributed by atoms with van der Waals surface area (Å²) in [6.45, 7) is 1.60. The highest BCUT2D eigenvalue weighted by atomic mass is 32.2. The van der Waals surface area contributed by atoms with Gasteiger partial charge in [-0.2, -0.15) is 8.42 Å². The SMILES string of the molecule is CCC(C#Cc1ccc(O)c(N2CC(=O)NS2(=O)=O)c1F)CN. The normalized spacial score (nSPS) is 17.3. The summed E-state index contributed by atoms with van der Waals surface area (Å²) < 4.78 is 40.4. The number of hydrogen-bond donors (Lipinski definition) is 3. The maximum absolute atomic E-state index is 14.6. The number of aromatic hydroxyl groups is 1. The Labute approximate surface area is 133 Å². The van der Waals surface area contributed by atoms with Crippen LogP contribution in [0.15, 0.2) is 12.1 Å². The fraction of sp³-hybridized carbons (Fsp3) is 0.357. The van der Waals surface area contributed by atoms with Crippen LogP contribution in [0.5, 0.6) is 5.75 Å². The molecule has 7 nitrogen and oxygen atoms in total. The van der Waals surface area contributed by atoms with Gasteiger partial charge in [0.05, 0.1) is 5.56 Å². The molecule has 1 aliphatic rings. The minimum Gasteiger partial charge on any atom is -0.506 e. The predicted octanol–water partition coefficient (Wildman–Crippen LogP) is 0.0487. The number of nitrogens with one attached hydrogen (secondary N) is 1. The smallest absolute Gasteiger partial charge is 0.326 e. The number of carbonyl (C=O) groups is 1. The molecular weight excluding hydrogens is 325 g/mol. The van der Waals surface area contributed by atoms with Crippen LogP contribution in [0.3, 0.4) is 0 Å². The Morgan fingerprint density at radius 3 is 2.74 bits per heavy atom. The van der Waals surface area contributed by atoms with Gasteiger partial charge >= 0.3 is 10.2 Å². The van der Waals surface area contributed by atoms with Crippen molar-refractivity contribution in [2.75, 3.05) is 17.4 Å². The van der Waals surface area contributed by atoms with E-state index in [0.29, 0.717) is 17.3 Å². The van der Waals surface area contributed by atoms with E-state index in [1.165, 1.54) is 6.07 Å². The number of nitrogens with zero attached hydrogens (tertiary/aromatic N) is 1. The first kappa shape index (κ1) is 17.1. The molecule has 1 unspecified atom stereocenters. The van der Waals surface area contributed by atoms with Gasteiger partial charge in [-0.3, -0.25) is 4.79 Å². The second-order valence-electron chi connectivity index (χ2n) is 4.94. The number of hydrogen-bond acceptors (Lipinski definition) is 5. The van der Waals surface area contributed by atoms with Crippen LogP contribution in [-0.4, -0.2) is 32.5 Å². The van der Waals surface area contributed by atoms with Crippen LogP contribution in [0.2, 0.25) is 0 Å². The van der Waals surface area contributed by atoms with Crippen molar-refractivity contribution in [1.29, 1.82) is 0 Å². The number of phenolic OH excluding ortho intramolecular Hbond substituents is 1. The van der Waals surface area contributed by atoms with E-state index < -0.39 is 39.9 Å². The zero-order valence-corrected chi connectivity index (χ0v) is 13.2. The van der Waals surface area contributed by atoms with Crippen LogP contribution < -0.4 is 14.8 Å². The average Bonchev–Trinajstić information content (AvgIpc) is 2.75. The molecule has 0 spiro atoms. The van der Waals surface area contributed by atoms with Gasteiger partial charge in [0.15, 0.2) is 5.82 Å². The Hall–Kier alpha value is -2.31. The van der Waals surface area contributed by atoms with Gasteiger partial charge in [-0.05, 0) is 18.6 Å². The Kier molecular flexibility index (Phi) is 4.77. The fourth-order valence-electron chi connectivity index (χ4n) is 2.04. The molecular formula is C14H16FN3O4S. The van der Waals surface area contributed by atoms with Gasteiger partial charge < -0.3 is 10.8 Å². The molecule has 1 heterocycles. The van der Waals surface area contributed by atoms with E-state index in [0.717, 1.165) is 6.07 Å². The molecule has 0 radical (unpaired) electrons. The van der Waals surface area contributed by atoms with Crippen LogP contribution in [0.25, 0.3) is 0 Å². The molecule has 9 heteroatoms. The Morgan fingerprint density at radius 1 is 1.52 bits per heavy atom. The highest BCUT2D eigenvalue weighted by Crippen LogP contribution is 2.34. The molecule has 1 atom stereocenters. The molecule has 23 heavy (non-hydrogen) atoms. The van der Waals surface area contributed by atoms with Gasteiger partial charge in [0.25, 0.3) is 5.91 Å². The van der Waals surface area contributed by atoms with Crippen molar-refractivity contribution >= 4 is 21.8 Å². The monoisotopic (exact) mass is 341 g/mol. The second kappa shape index (κ2) is 6.44. The maximum atomic E-state index is 14.6. The number of anilines is 1. The summed E-state index contributed by atoms with van der Waals surface area (Å²) in [5.74, 6) is 2.86. The fourth-order valence-corrected chi connectivity index (χ4v) is 3.21. The number of rotatable bonds is 3. The second-order valence-corrected chi connectivity index (χ2v) is 6.54. The van der Waals surface area contributed by atoms with Crippen LogP contribution in [0, 0.1) is 23.6 Å².